The average molecular weight is 394 g/mol. The molecule has 7 heteroatoms. The smallest absolute Gasteiger partial charge is 0.349 e. The number of H-pyrrole nitrogens is 1. The van der Waals surface area contributed by atoms with E-state index >= 15 is 0 Å². The van der Waals surface area contributed by atoms with E-state index in [0.717, 1.165) is 40.7 Å². The highest BCUT2D eigenvalue weighted by atomic mass is 16.2. The lowest BCUT2D eigenvalue weighted by Gasteiger charge is -2.56. The fourth-order valence-corrected chi connectivity index (χ4v) is 6.39. The maximum atomic E-state index is 13.0. The number of nitrogens with zero attached hydrogens (tertiary/aromatic N) is 2. The highest BCUT2D eigenvalue weighted by Crippen LogP contribution is 2.59. The Kier molecular flexibility index (Phi) is 4.22. The molecule has 152 valence electrons. The van der Waals surface area contributed by atoms with Crippen molar-refractivity contribution >= 4 is 5.91 Å². The molecule has 7 nitrogen and oxygen atoms in total. The highest BCUT2D eigenvalue weighted by Gasteiger charge is 2.50. The van der Waals surface area contributed by atoms with E-state index in [-0.39, 0.29) is 11.3 Å². The molecule has 1 aromatic carbocycles. The molecule has 4 aliphatic rings. The van der Waals surface area contributed by atoms with E-state index in [1.807, 2.05) is 6.92 Å². The Balaban J connectivity index is 1.36. The van der Waals surface area contributed by atoms with Gasteiger partial charge in [0.05, 0.1) is 5.69 Å². The SMILES string of the molecule is Cc1ccc(-n2ncc(=O)[nH]c2=O)cc1C(=O)NCC12CC3CC(CC(C3)C1)C2. The van der Waals surface area contributed by atoms with Gasteiger partial charge in [0.1, 0.15) is 6.20 Å². The standard InChI is InChI=1S/C22H26N4O3/c1-13-2-3-17(26-21(29)25-19(27)11-24-26)7-18(13)20(28)23-12-22-8-14-4-15(9-22)6-16(5-14)10-22/h2-3,7,11,14-16H,4-6,8-10,12H2,1H3,(H,23,28)(H,25,27,29). The third kappa shape index (κ3) is 3.32. The molecule has 4 saturated carbocycles. The van der Waals surface area contributed by atoms with Crippen LogP contribution < -0.4 is 16.6 Å². The van der Waals surface area contributed by atoms with Crippen LogP contribution in [0.4, 0.5) is 0 Å². The van der Waals surface area contributed by atoms with Crippen LogP contribution in [0.25, 0.3) is 5.69 Å². The second-order valence-corrected chi connectivity index (χ2v) is 9.45. The molecular weight excluding hydrogens is 368 g/mol. The Morgan fingerprint density at radius 3 is 2.45 bits per heavy atom. The minimum Gasteiger partial charge on any atom is -0.351 e. The van der Waals surface area contributed by atoms with E-state index in [4.69, 9.17) is 0 Å². The first kappa shape index (κ1) is 18.3. The first-order chi connectivity index (χ1) is 13.9. The van der Waals surface area contributed by atoms with Gasteiger partial charge in [0.2, 0.25) is 0 Å². The summed E-state index contributed by atoms with van der Waals surface area (Å²) < 4.78 is 1.09. The second-order valence-electron chi connectivity index (χ2n) is 9.45. The first-order valence-corrected chi connectivity index (χ1v) is 10.5. The van der Waals surface area contributed by atoms with Crippen LogP contribution in [-0.4, -0.2) is 27.2 Å². The quantitative estimate of drug-likeness (QED) is 0.831. The van der Waals surface area contributed by atoms with Crippen LogP contribution in [0.2, 0.25) is 0 Å². The Bertz CT molecular complexity index is 1050. The highest BCUT2D eigenvalue weighted by molar-refractivity contribution is 5.96. The summed E-state index contributed by atoms with van der Waals surface area (Å²) in [5.41, 5.74) is 0.930. The van der Waals surface area contributed by atoms with Gasteiger partial charge in [-0.05, 0) is 86.3 Å². The number of hydrogen-bond acceptors (Lipinski definition) is 4. The number of aromatic amines is 1. The zero-order valence-corrected chi connectivity index (χ0v) is 16.6. The average Bonchev–Trinajstić information content (AvgIpc) is 2.66. The van der Waals surface area contributed by atoms with Crippen molar-refractivity contribution < 1.29 is 4.79 Å². The fourth-order valence-electron chi connectivity index (χ4n) is 6.39. The monoisotopic (exact) mass is 394 g/mol. The Hall–Kier alpha value is -2.70. The summed E-state index contributed by atoms with van der Waals surface area (Å²) in [6.07, 6.45) is 8.94. The lowest BCUT2D eigenvalue weighted by Crippen LogP contribution is -2.51. The number of amides is 1. The number of nitrogens with one attached hydrogen (secondary N) is 2. The van der Waals surface area contributed by atoms with Gasteiger partial charge >= 0.3 is 5.69 Å². The number of benzene rings is 1. The fraction of sp³-hybridized carbons (Fsp3) is 0.545. The van der Waals surface area contributed by atoms with Gasteiger partial charge in [0.15, 0.2) is 0 Å². The van der Waals surface area contributed by atoms with Crippen molar-refractivity contribution in [2.45, 2.75) is 45.4 Å². The molecule has 4 fully saturated rings. The molecular formula is C22H26N4O3. The molecule has 2 aromatic rings. The second kappa shape index (κ2) is 6.68. The molecule has 29 heavy (non-hydrogen) atoms. The Morgan fingerprint density at radius 2 is 1.83 bits per heavy atom. The predicted octanol–water partition coefficient (Wildman–Crippen LogP) is 2.18. The summed E-state index contributed by atoms with van der Waals surface area (Å²) in [4.78, 5) is 38.5. The minimum atomic E-state index is -0.624. The van der Waals surface area contributed by atoms with Crippen molar-refractivity contribution in [3.63, 3.8) is 0 Å². The Morgan fingerprint density at radius 1 is 1.17 bits per heavy atom. The van der Waals surface area contributed by atoms with E-state index in [9.17, 15) is 14.4 Å². The van der Waals surface area contributed by atoms with Crippen molar-refractivity contribution in [2.24, 2.45) is 23.2 Å². The normalized spacial score (nSPS) is 29.8. The molecule has 6 rings (SSSR count). The maximum absolute atomic E-state index is 13.0. The van der Waals surface area contributed by atoms with Gasteiger partial charge < -0.3 is 5.32 Å². The van der Waals surface area contributed by atoms with Crippen molar-refractivity contribution in [1.29, 1.82) is 0 Å². The van der Waals surface area contributed by atoms with E-state index < -0.39 is 11.2 Å². The first-order valence-electron chi connectivity index (χ1n) is 10.5. The summed E-state index contributed by atoms with van der Waals surface area (Å²) in [6.45, 7) is 2.61. The van der Waals surface area contributed by atoms with E-state index in [0.29, 0.717) is 11.3 Å². The molecule has 4 aliphatic carbocycles. The summed E-state index contributed by atoms with van der Waals surface area (Å²) in [7, 11) is 0. The summed E-state index contributed by atoms with van der Waals surface area (Å²) in [5.74, 6) is 2.43. The van der Waals surface area contributed by atoms with E-state index in [2.05, 4.69) is 15.4 Å². The lowest BCUT2D eigenvalue weighted by atomic mass is 9.49. The largest absolute Gasteiger partial charge is 0.351 e. The third-order valence-corrected chi connectivity index (χ3v) is 7.21. The van der Waals surface area contributed by atoms with Crippen LogP contribution in [0.5, 0.6) is 0 Å². The van der Waals surface area contributed by atoms with Crippen LogP contribution in [0.3, 0.4) is 0 Å². The molecule has 1 heterocycles. The molecule has 1 aromatic heterocycles. The molecule has 0 aliphatic heterocycles. The third-order valence-electron chi connectivity index (χ3n) is 7.21. The molecule has 4 bridgehead atoms. The lowest BCUT2D eigenvalue weighted by molar-refractivity contribution is -0.0503. The number of aromatic nitrogens is 3. The molecule has 2 N–H and O–H groups in total. The number of rotatable bonds is 4. The molecule has 0 saturated heterocycles. The van der Waals surface area contributed by atoms with Crippen LogP contribution in [0.1, 0.15) is 54.4 Å². The topological polar surface area (TPSA) is 96.8 Å². The van der Waals surface area contributed by atoms with Gasteiger partial charge in [-0.2, -0.15) is 9.78 Å². The van der Waals surface area contributed by atoms with Crippen LogP contribution in [-0.2, 0) is 0 Å². The van der Waals surface area contributed by atoms with Crippen molar-refractivity contribution in [3.05, 3.63) is 56.4 Å². The zero-order chi connectivity index (χ0) is 20.2. The molecule has 0 atom stereocenters. The van der Waals surface area contributed by atoms with Crippen molar-refractivity contribution in [2.75, 3.05) is 6.54 Å². The number of aryl methyl sites for hydroxylation is 1. The van der Waals surface area contributed by atoms with Crippen LogP contribution in [0.15, 0.2) is 34.0 Å². The molecule has 0 radical (unpaired) electrons. The van der Waals surface area contributed by atoms with Crippen molar-refractivity contribution in [3.8, 4) is 5.69 Å². The van der Waals surface area contributed by atoms with Gasteiger partial charge in [-0.15, -0.1) is 0 Å². The van der Waals surface area contributed by atoms with Crippen LogP contribution >= 0.6 is 0 Å². The predicted molar refractivity (Wildman–Crippen MR) is 108 cm³/mol. The van der Waals surface area contributed by atoms with Gasteiger partial charge in [0.25, 0.3) is 11.5 Å². The summed E-state index contributed by atoms with van der Waals surface area (Å²) in [6, 6.07) is 5.18. The van der Waals surface area contributed by atoms with Gasteiger partial charge in [-0.25, -0.2) is 4.79 Å². The van der Waals surface area contributed by atoms with Gasteiger partial charge in [0, 0.05) is 12.1 Å². The number of carbonyl (C=O) groups excluding carboxylic acids is 1. The molecule has 0 unspecified atom stereocenters. The molecule has 1 amide bonds. The zero-order valence-electron chi connectivity index (χ0n) is 16.6. The maximum Gasteiger partial charge on any atom is 0.349 e. The number of hydrogen-bond donors (Lipinski definition) is 2. The van der Waals surface area contributed by atoms with E-state index in [1.54, 1.807) is 18.2 Å². The minimum absolute atomic E-state index is 0.113. The van der Waals surface area contributed by atoms with E-state index in [1.165, 1.54) is 38.5 Å². The summed E-state index contributed by atoms with van der Waals surface area (Å²) in [5, 5.41) is 7.07. The van der Waals surface area contributed by atoms with Gasteiger partial charge in [-0.3, -0.25) is 14.6 Å². The van der Waals surface area contributed by atoms with Gasteiger partial charge in [-0.1, -0.05) is 6.07 Å². The summed E-state index contributed by atoms with van der Waals surface area (Å²) >= 11 is 0. The van der Waals surface area contributed by atoms with Crippen LogP contribution in [0, 0.1) is 30.1 Å². The van der Waals surface area contributed by atoms with Crippen molar-refractivity contribution in [1.82, 2.24) is 20.1 Å². The molecule has 0 spiro atoms. The Labute approximate surface area is 168 Å². The number of carbonyl (C=O) groups is 1.